The monoisotopic (exact) mass is 190 g/mol. The maximum absolute atomic E-state index is 8.81. The summed E-state index contributed by atoms with van der Waals surface area (Å²) in [7, 11) is 0. The summed E-state index contributed by atoms with van der Waals surface area (Å²) < 4.78 is 0. The number of rotatable bonds is 2. The fourth-order valence-electron chi connectivity index (χ4n) is 0.858. The molecular weight excluding hydrogens is 183 g/mol. The first kappa shape index (κ1) is 8.85. The van der Waals surface area contributed by atoms with Crippen molar-refractivity contribution < 1.29 is 5.11 Å². The molecule has 1 N–H and O–H groups in total. The minimum Gasteiger partial charge on any atom is -0.392 e. The van der Waals surface area contributed by atoms with Gasteiger partial charge < -0.3 is 5.11 Å². The molecule has 0 saturated carbocycles. The Hall–Kier alpha value is -0.240. The number of hydrogen-bond acceptors (Lipinski definition) is 1. The predicted molar refractivity (Wildman–Crippen MR) is 46.9 cm³/mol. The molecule has 0 aliphatic carbocycles. The van der Waals surface area contributed by atoms with Crippen LogP contribution in [-0.2, 0) is 12.5 Å². The molecule has 0 radical (unpaired) electrons. The van der Waals surface area contributed by atoms with Crippen molar-refractivity contribution in [2.45, 2.75) is 12.5 Å². The maximum Gasteiger partial charge on any atom is 0.0696 e. The van der Waals surface area contributed by atoms with E-state index in [1.165, 1.54) is 0 Å². The molecule has 0 amide bonds. The number of benzene rings is 1. The Morgan fingerprint density at radius 3 is 2.45 bits per heavy atom. The van der Waals surface area contributed by atoms with E-state index in [0.29, 0.717) is 10.9 Å². The maximum atomic E-state index is 8.81. The molecule has 0 aliphatic heterocycles. The lowest BCUT2D eigenvalue weighted by atomic mass is 10.1. The van der Waals surface area contributed by atoms with Gasteiger partial charge in [0.1, 0.15) is 0 Å². The third-order valence-electron chi connectivity index (χ3n) is 1.47. The van der Waals surface area contributed by atoms with Gasteiger partial charge in [0.15, 0.2) is 0 Å². The molecule has 1 aromatic carbocycles. The molecule has 3 heteroatoms. The van der Waals surface area contributed by atoms with Gasteiger partial charge in [-0.15, -0.1) is 11.6 Å². The van der Waals surface area contributed by atoms with Crippen molar-refractivity contribution in [3.8, 4) is 0 Å². The molecular formula is C8H8Cl2O. The van der Waals surface area contributed by atoms with Crippen LogP contribution in [0.1, 0.15) is 11.1 Å². The highest BCUT2D eigenvalue weighted by Crippen LogP contribution is 2.22. The molecule has 0 spiro atoms. The standard InChI is InChI=1S/C8H8Cl2O/c9-4-6-2-1-3-7(5-11)8(6)10/h1-3,11H,4-5H2. The Morgan fingerprint density at radius 2 is 1.91 bits per heavy atom. The van der Waals surface area contributed by atoms with Gasteiger partial charge in [0, 0.05) is 5.88 Å². The lowest BCUT2D eigenvalue weighted by Crippen LogP contribution is -1.88. The molecule has 0 bridgehead atoms. The van der Waals surface area contributed by atoms with E-state index in [-0.39, 0.29) is 6.61 Å². The Bertz CT molecular complexity index is 226. The second kappa shape index (κ2) is 3.96. The number of aliphatic hydroxyl groups excluding tert-OH is 1. The molecule has 0 unspecified atom stereocenters. The number of alkyl halides is 1. The second-order valence-corrected chi connectivity index (χ2v) is 2.83. The van der Waals surface area contributed by atoms with Gasteiger partial charge in [-0.05, 0) is 11.1 Å². The first-order chi connectivity index (χ1) is 5.29. The third kappa shape index (κ3) is 1.86. The van der Waals surface area contributed by atoms with Crippen molar-refractivity contribution in [3.63, 3.8) is 0 Å². The minimum atomic E-state index is -0.0381. The Labute approximate surface area is 75.6 Å². The molecule has 0 heterocycles. The Balaban J connectivity index is 3.10. The fraction of sp³-hybridized carbons (Fsp3) is 0.250. The average Bonchev–Trinajstić information content (AvgIpc) is 2.05. The lowest BCUT2D eigenvalue weighted by molar-refractivity contribution is 0.282. The van der Waals surface area contributed by atoms with Crippen LogP contribution in [0.25, 0.3) is 0 Å². The van der Waals surface area contributed by atoms with Crippen molar-refractivity contribution in [2.24, 2.45) is 0 Å². The van der Waals surface area contributed by atoms with E-state index in [1.54, 1.807) is 6.07 Å². The third-order valence-corrected chi connectivity index (χ3v) is 2.25. The summed E-state index contributed by atoms with van der Waals surface area (Å²) in [6.45, 7) is -0.0381. The molecule has 11 heavy (non-hydrogen) atoms. The molecule has 1 aromatic rings. The predicted octanol–water partition coefficient (Wildman–Crippen LogP) is 2.57. The van der Waals surface area contributed by atoms with Gasteiger partial charge in [0.25, 0.3) is 0 Å². The van der Waals surface area contributed by atoms with Crippen molar-refractivity contribution in [1.82, 2.24) is 0 Å². The summed E-state index contributed by atoms with van der Waals surface area (Å²) in [5, 5.41) is 9.38. The van der Waals surface area contributed by atoms with Crippen LogP contribution in [0.3, 0.4) is 0 Å². The van der Waals surface area contributed by atoms with Crippen LogP contribution in [0.15, 0.2) is 18.2 Å². The van der Waals surface area contributed by atoms with Crippen LogP contribution in [0, 0.1) is 0 Å². The van der Waals surface area contributed by atoms with Crippen LogP contribution in [-0.4, -0.2) is 5.11 Å². The van der Waals surface area contributed by atoms with Gasteiger partial charge in [-0.1, -0.05) is 29.8 Å². The summed E-state index contributed by atoms with van der Waals surface area (Å²) in [6.07, 6.45) is 0. The highest BCUT2D eigenvalue weighted by atomic mass is 35.5. The molecule has 1 nitrogen and oxygen atoms in total. The summed E-state index contributed by atoms with van der Waals surface area (Å²) >= 11 is 11.5. The molecule has 0 fully saturated rings. The average molecular weight is 191 g/mol. The number of halogens is 2. The fourth-order valence-corrected chi connectivity index (χ4v) is 1.40. The highest BCUT2D eigenvalue weighted by Gasteiger charge is 2.02. The van der Waals surface area contributed by atoms with Crippen LogP contribution in [0.2, 0.25) is 5.02 Å². The first-order valence-electron chi connectivity index (χ1n) is 3.22. The first-order valence-corrected chi connectivity index (χ1v) is 4.14. The van der Waals surface area contributed by atoms with Crippen molar-refractivity contribution in [1.29, 1.82) is 0 Å². The zero-order valence-electron chi connectivity index (χ0n) is 5.85. The van der Waals surface area contributed by atoms with Gasteiger partial charge in [-0.2, -0.15) is 0 Å². The summed E-state index contributed by atoms with van der Waals surface area (Å²) in [5.74, 6) is 0.382. The van der Waals surface area contributed by atoms with Crippen LogP contribution < -0.4 is 0 Å². The van der Waals surface area contributed by atoms with Crippen molar-refractivity contribution in [2.75, 3.05) is 0 Å². The topological polar surface area (TPSA) is 20.2 Å². The van der Waals surface area contributed by atoms with Gasteiger partial charge in [-0.25, -0.2) is 0 Å². The number of aliphatic hydroxyl groups is 1. The molecule has 0 aliphatic rings. The smallest absolute Gasteiger partial charge is 0.0696 e. The normalized spacial score (nSPS) is 10.1. The zero-order valence-corrected chi connectivity index (χ0v) is 7.36. The largest absolute Gasteiger partial charge is 0.392 e. The molecule has 0 saturated heterocycles. The lowest BCUT2D eigenvalue weighted by Gasteiger charge is -2.03. The van der Waals surface area contributed by atoms with Crippen LogP contribution in [0.4, 0.5) is 0 Å². The summed E-state index contributed by atoms with van der Waals surface area (Å²) in [5.41, 5.74) is 1.59. The van der Waals surface area contributed by atoms with E-state index in [2.05, 4.69) is 0 Å². The van der Waals surface area contributed by atoms with Crippen molar-refractivity contribution in [3.05, 3.63) is 34.3 Å². The summed E-state index contributed by atoms with van der Waals surface area (Å²) in [6, 6.07) is 5.45. The molecule has 0 aromatic heterocycles. The van der Waals surface area contributed by atoms with E-state index in [9.17, 15) is 0 Å². The van der Waals surface area contributed by atoms with Gasteiger partial charge >= 0.3 is 0 Å². The molecule has 60 valence electrons. The molecule has 1 rings (SSSR count). The zero-order chi connectivity index (χ0) is 8.27. The summed E-state index contributed by atoms with van der Waals surface area (Å²) in [4.78, 5) is 0. The van der Waals surface area contributed by atoms with E-state index < -0.39 is 0 Å². The quantitative estimate of drug-likeness (QED) is 0.712. The number of hydrogen-bond donors (Lipinski definition) is 1. The Kier molecular flexibility index (Phi) is 3.18. The Morgan fingerprint density at radius 1 is 1.27 bits per heavy atom. The van der Waals surface area contributed by atoms with E-state index in [4.69, 9.17) is 28.3 Å². The van der Waals surface area contributed by atoms with Crippen LogP contribution in [0.5, 0.6) is 0 Å². The van der Waals surface area contributed by atoms with Crippen LogP contribution >= 0.6 is 23.2 Å². The van der Waals surface area contributed by atoms with E-state index >= 15 is 0 Å². The SMILES string of the molecule is OCc1cccc(CCl)c1Cl. The second-order valence-electron chi connectivity index (χ2n) is 2.18. The van der Waals surface area contributed by atoms with Gasteiger partial charge in [0.2, 0.25) is 0 Å². The minimum absolute atomic E-state index is 0.0381. The van der Waals surface area contributed by atoms with Gasteiger partial charge in [0.05, 0.1) is 11.6 Å². The highest BCUT2D eigenvalue weighted by molar-refractivity contribution is 6.33. The van der Waals surface area contributed by atoms with E-state index in [0.717, 1.165) is 11.1 Å². The van der Waals surface area contributed by atoms with E-state index in [1.807, 2.05) is 12.1 Å². The van der Waals surface area contributed by atoms with Gasteiger partial charge in [-0.3, -0.25) is 0 Å². The molecule has 0 atom stereocenters. The van der Waals surface area contributed by atoms with Crippen molar-refractivity contribution >= 4 is 23.2 Å².